The van der Waals surface area contributed by atoms with Gasteiger partial charge in [-0.1, -0.05) is 20.3 Å². The molecule has 1 aromatic carbocycles. The van der Waals surface area contributed by atoms with E-state index >= 15 is 0 Å². The zero-order valence-electron chi connectivity index (χ0n) is 21.2. The van der Waals surface area contributed by atoms with E-state index in [0.717, 1.165) is 52.8 Å². The van der Waals surface area contributed by atoms with Crippen molar-refractivity contribution >= 4 is 16.7 Å². The smallest absolute Gasteiger partial charge is 0.157 e. The summed E-state index contributed by atoms with van der Waals surface area (Å²) in [5.74, 6) is 5.92. The van der Waals surface area contributed by atoms with Gasteiger partial charge in [0.15, 0.2) is 5.78 Å². The van der Waals surface area contributed by atoms with Crippen LogP contribution in [0.15, 0.2) is 24.4 Å². The van der Waals surface area contributed by atoms with Crippen molar-refractivity contribution in [2.75, 3.05) is 0 Å². The Balaban J connectivity index is 0.00000124. The van der Waals surface area contributed by atoms with Gasteiger partial charge in [-0.05, 0) is 110 Å². The Labute approximate surface area is 209 Å². The first-order valence-corrected chi connectivity index (χ1v) is 13.6. The molecule has 4 fully saturated rings. The minimum absolute atomic E-state index is 0.171. The van der Waals surface area contributed by atoms with Crippen LogP contribution in [0.5, 0.6) is 0 Å². The van der Waals surface area contributed by atoms with Gasteiger partial charge in [0.25, 0.3) is 0 Å². The van der Waals surface area contributed by atoms with Crippen LogP contribution >= 0.6 is 0 Å². The molecular weight excluding hydrogens is 432 g/mol. The second-order valence-electron chi connectivity index (χ2n) is 12.2. The lowest BCUT2D eigenvalue weighted by molar-refractivity contribution is -0.131. The summed E-state index contributed by atoms with van der Waals surface area (Å²) in [5.41, 5.74) is 1.76. The Morgan fingerprint density at radius 1 is 1.11 bits per heavy atom. The number of carbonyl (C=O) groups excluding carboxylic acids is 1. The molecule has 35 heavy (non-hydrogen) atoms. The van der Waals surface area contributed by atoms with Crippen LogP contribution in [0, 0.1) is 70.0 Å². The molecule has 4 aliphatic rings. The Kier molecular flexibility index (Phi) is 6.47. The van der Waals surface area contributed by atoms with Crippen molar-refractivity contribution in [1.82, 2.24) is 9.78 Å². The molecule has 0 spiro atoms. The van der Waals surface area contributed by atoms with Gasteiger partial charge >= 0.3 is 0 Å². The van der Waals surface area contributed by atoms with E-state index in [2.05, 4.69) is 31.6 Å². The third-order valence-electron chi connectivity index (χ3n) is 10.7. The predicted octanol–water partition coefficient (Wildman–Crippen LogP) is 6.52. The monoisotopic (exact) mass is 470 g/mol. The minimum atomic E-state index is 0.171. The maximum atomic E-state index is 13.7. The van der Waals surface area contributed by atoms with Crippen molar-refractivity contribution in [2.45, 2.75) is 78.2 Å². The highest BCUT2D eigenvalue weighted by atomic mass is 16.1. The van der Waals surface area contributed by atoms with E-state index in [1.54, 1.807) is 6.20 Å². The average Bonchev–Trinajstić information content (AvgIpc) is 3.44. The van der Waals surface area contributed by atoms with Gasteiger partial charge in [0.05, 0.1) is 23.3 Å². The lowest BCUT2D eigenvalue weighted by Gasteiger charge is -2.56. The molecule has 0 radical (unpaired) electrons. The zero-order valence-corrected chi connectivity index (χ0v) is 21.2. The molecule has 184 valence electrons. The van der Waals surface area contributed by atoms with Crippen molar-refractivity contribution in [3.63, 3.8) is 0 Å². The van der Waals surface area contributed by atoms with E-state index in [1.165, 1.54) is 51.4 Å². The topological polar surface area (TPSA) is 82.5 Å². The molecule has 5 heteroatoms. The predicted molar refractivity (Wildman–Crippen MR) is 136 cm³/mol. The fourth-order valence-corrected chi connectivity index (χ4v) is 9.16. The van der Waals surface area contributed by atoms with Gasteiger partial charge in [-0.3, -0.25) is 9.48 Å². The third kappa shape index (κ3) is 3.98. The molecule has 4 saturated carbocycles. The summed E-state index contributed by atoms with van der Waals surface area (Å²) in [6, 6.07) is 7.80. The molecule has 4 aliphatic carbocycles. The molecule has 2 aromatic rings. The van der Waals surface area contributed by atoms with Crippen molar-refractivity contribution in [1.29, 1.82) is 10.5 Å². The quantitative estimate of drug-likeness (QED) is 0.511. The third-order valence-corrected chi connectivity index (χ3v) is 10.7. The first-order valence-electron chi connectivity index (χ1n) is 13.6. The van der Waals surface area contributed by atoms with Gasteiger partial charge in [0.1, 0.15) is 6.54 Å². The summed E-state index contributed by atoms with van der Waals surface area (Å²) in [6.45, 7) is 8.77. The summed E-state index contributed by atoms with van der Waals surface area (Å²) in [6.07, 6.45) is 13.9. The van der Waals surface area contributed by atoms with E-state index < -0.39 is 0 Å². The number of fused-ring (bicyclic) bond motifs is 6. The van der Waals surface area contributed by atoms with Crippen LogP contribution in [0.2, 0.25) is 0 Å². The lowest BCUT2D eigenvalue weighted by atomic mass is 9.49. The van der Waals surface area contributed by atoms with Crippen molar-refractivity contribution in [3.8, 4) is 12.6 Å². The number of carbonyl (C=O) groups is 1. The Hall–Kier alpha value is -2.66. The highest BCUT2D eigenvalue weighted by Gasteiger charge is 2.58. The van der Waals surface area contributed by atoms with E-state index in [0.29, 0.717) is 17.9 Å². The first kappa shape index (κ1) is 24.1. The minimum Gasteiger partial charge on any atom is -0.297 e. The van der Waals surface area contributed by atoms with Crippen LogP contribution < -0.4 is 0 Å². The van der Waals surface area contributed by atoms with Crippen LogP contribution in [-0.2, 0) is 11.3 Å². The van der Waals surface area contributed by atoms with Crippen molar-refractivity contribution in [2.24, 2.45) is 46.8 Å². The average molecular weight is 471 g/mol. The van der Waals surface area contributed by atoms with Gasteiger partial charge in [-0.25, -0.2) is 5.26 Å². The van der Waals surface area contributed by atoms with Crippen LogP contribution in [0.4, 0.5) is 0 Å². The zero-order chi connectivity index (χ0) is 24.7. The van der Waals surface area contributed by atoms with Gasteiger partial charge in [0.2, 0.25) is 0 Å². The van der Waals surface area contributed by atoms with Crippen LogP contribution in [0.3, 0.4) is 0 Å². The molecular formula is C30H38N4O. The first-order chi connectivity index (χ1) is 17.0. The molecule has 1 heterocycles. The number of Topliss-reactive ketones (excluding diaryl/α,β-unsaturated/α-hetero) is 1. The fraction of sp³-hybridized carbons (Fsp3) is 0.667. The van der Waals surface area contributed by atoms with E-state index in [9.17, 15) is 4.79 Å². The molecule has 1 aromatic heterocycles. The van der Waals surface area contributed by atoms with Crippen LogP contribution in [0.1, 0.15) is 77.2 Å². The van der Waals surface area contributed by atoms with Gasteiger partial charge in [0, 0.05) is 17.9 Å². The highest BCUT2D eigenvalue weighted by molar-refractivity contribution is 5.85. The fourth-order valence-electron chi connectivity index (χ4n) is 9.16. The summed E-state index contributed by atoms with van der Waals surface area (Å²) in [4.78, 5) is 13.7. The lowest BCUT2D eigenvalue weighted by Crippen LogP contribution is -2.49. The number of rotatable bonds is 3. The van der Waals surface area contributed by atoms with Crippen molar-refractivity contribution < 1.29 is 4.79 Å². The Bertz CT molecular complexity index is 1160. The second kappa shape index (κ2) is 9.42. The highest BCUT2D eigenvalue weighted by Crippen LogP contribution is 2.64. The molecule has 5 nitrogen and oxygen atoms in total. The van der Waals surface area contributed by atoms with Crippen molar-refractivity contribution in [3.05, 3.63) is 30.0 Å². The number of hydrogen-bond donors (Lipinski definition) is 0. The number of nitrogens with zero attached hydrogens (tertiary/aromatic N) is 4. The summed E-state index contributed by atoms with van der Waals surface area (Å²) < 4.78 is 1.86. The van der Waals surface area contributed by atoms with E-state index in [-0.39, 0.29) is 11.3 Å². The number of hydrogen-bond acceptors (Lipinski definition) is 4. The van der Waals surface area contributed by atoms with Crippen LogP contribution in [0.25, 0.3) is 10.9 Å². The van der Waals surface area contributed by atoms with Crippen LogP contribution in [-0.4, -0.2) is 15.6 Å². The van der Waals surface area contributed by atoms with E-state index in [4.69, 9.17) is 10.5 Å². The number of nitriles is 2. The number of ketones is 1. The largest absolute Gasteiger partial charge is 0.297 e. The van der Waals surface area contributed by atoms with Gasteiger partial charge in [-0.15, -0.1) is 0 Å². The SMILES string of the molecule is C#N.CC1CCC2C(CCC3C2CCC2(C)C(C(=O)Cn4ncc5cc(C#N)ccc54)CCC32)C1. The van der Waals surface area contributed by atoms with Gasteiger partial charge in [-0.2, -0.15) is 10.4 Å². The Morgan fingerprint density at radius 3 is 2.71 bits per heavy atom. The molecule has 0 N–H and O–H groups in total. The second-order valence-corrected chi connectivity index (χ2v) is 12.2. The summed E-state index contributed by atoms with van der Waals surface area (Å²) >= 11 is 0. The maximum Gasteiger partial charge on any atom is 0.157 e. The summed E-state index contributed by atoms with van der Waals surface area (Å²) in [7, 11) is 0. The van der Waals surface area contributed by atoms with E-state index in [1.807, 2.05) is 22.9 Å². The number of aromatic nitrogens is 2. The molecule has 6 rings (SSSR count). The molecule has 0 aliphatic heterocycles. The molecule has 8 unspecified atom stereocenters. The maximum absolute atomic E-state index is 13.7. The Morgan fingerprint density at radius 2 is 1.91 bits per heavy atom. The summed E-state index contributed by atoms with van der Waals surface area (Å²) in [5, 5.41) is 21.1. The molecule has 0 amide bonds. The molecule has 8 atom stereocenters. The molecule has 0 saturated heterocycles. The van der Waals surface area contributed by atoms with Gasteiger partial charge < -0.3 is 0 Å². The standard InChI is InChI=1S/C29H37N3O.CHN/c1-18-3-6-22-20(13-18)5-7-24-23(22)11-12-29(2)25(24)8-9-26(29)28(33)17-32-27-10-4-19(15-30)14-21(27)16-31-32;1-2/h4,10,14,16,18,20,22-26H,3,5-9,11-13,17H2,1-2H3;1H. The molecule has 0 bridgehead atoms. The normalized spacial score (nSPS) is 37.7. The number of benzene rings is 1.